The maximum Gasteiger partial charge on any atom is 0.248 e. The first kappa shape index (κ1) is 16.6. The largest absolute Gasteiger partial charge is 0.375 e. The van der Waals surface area contributed by atoms with Crippen LogP contribution in [-0.2, 0) is 4.79 Å². The van der Waals surface area contributed by atoms with E-state index >= 15 is 0 Å². The lowest BCUT2D eigenvalue weighted by Crippen LogP contribution is -2.46. The van der Waals surface area contributed by atoms with Crippen LogP contribution in [0.5, 0.6) is 0 Å². The predicted molar refractivity (Wildman–Crippen MR) is 94.4 cm³/mol. The van der Waals surface area contributed by atoms with E-state index in [1.165, 1.54) is 0 Å². The molecule has 2 atom stereocenters. The number of aromatic nitrogens is 2. The molecule has 1 aromatic carbocycles. The van der Waals surface area contributed by atoms with Gasteiger partial charge >= 0.3 is 0 Å². The highest BCUT2D eigenvalue weighted by Crippen LogP contribution is 2.38. The number of aliphatic hydroxyl groups excluding tert-OH is 1. The summed E-state index contributed by atoms with van der Waals surface area (Å²) < 4.78 is 1.71. The van der Waals surface area contributed by atoms with Gasteiger partial charge in [0.15, 0.2) is 0 Å². The zero-order chi connectivity index (χ0) is 17.7. The van der Waals surface area contributed by atoms with Crippen molar-refractivity contribution < 1.29 is 9.90 Å². The van der Waals surface area contributed by atoms with Crippen LogP contribution >= 0.6 is 11.6 Å². The monoisotopic (exact) mass is 360 g/mol. The number of aryl methyl sites for hydroxylation is 2. The third-order valence-electron chi connectivity index (χ3n) is 5.15. The average Bonchev–Trinajstić information content (AvgIpc) is 3.12. The number of carbonyl (C=O) groups excluding carboxylic acids is 1. The minimum Gasteiger partial charge on any atom is -0.375 e. The Balaban J connectivity index is 1.74. The Labute approximate surface area is 151 Å². The number of hydrogen-bond acceptors (Lipinski definition) is 4. The molecule has 1 aromatic heterocycles. The molecule has 0 aliphatic carbocycles. The van der Waals surface area contributed by atoms with Gasteiger partial charge in [-0.2, -0.15) is 10.1 Å². The zero-order valence-corrected chi connectivity index (χ0v) is 15.1. The van der Waals surface area contributed by atoms with Crippen molar-refractivity contribution in [1.29, 1.82) is 0 Å². The van der Waals surface area contributed by atoms with Crippen molar-refractivity contribution in [2.24, 2.45) is 0 Å². The molecule has 2 unspecified atom stereocenters. The first-order valence-electron chi connectivity index (χ1n) is 8.55. The van der Waals surface area contributed by atoms with Crippen molar-refractivity contribution in [3.8, 4) is 5.69 Å². The number of benzene rings is 1. The molecule has 2 aliphatic rings. The summed E-state index contributed by atoms with van der Waals surface area (Å²) >= 11 is 5.96. The van der Waals surface area contributed by atoms with Crippen molar-refractivity contribution in [1.82, 2.24) is 19.8 Å². The van der Waals surface area contributed by atoms with Crippen LogP contribution in [0.1, 0.15) is 35.4 Å². The van der Waals surface area contributed by atoms with Gasteiger partial charge in [0.2, 0.25) is 5.91 Å². The maximum absolute atomic E-state index is 12.9. The van der Waals surface area contributed by atoms with E-state index < -0.39 is 12.1 Å². The lowest BCUT2D eigenvalue weighted by atomic mass is 9.89. The molecule has 0 saturated carbocycles. The molecule has 1 amide bonds. The van der Waals surface area contributed by atoms with Crippen LogP contribution in [-0.4, -0.2) is 50.1 Å². The van der Waals surface area contributed by atoms with E-state index in [1.807, 2.05) is 31.0 Å². The fourth-order valence-corrected chi connectivity index (χ4v) is 4.18. The molecule has 2 fully saturated rings. The Hall–Kier alpha value is -1.89. The number of aliphatic hydroxyl groups is 1. The first-order chi connectivity index (χ1) is 12.0. The van der Waals surface area contributed by atoms with Gasteiger partial charge in [-0.15, -0.1) is 0 Å². The van der Waals surface area contributed by atoms with Gasteiger partial charge in [-0.25, -0.2) is 4.68 Å². The average molecular weight is 361 g/mol. The lowest BCUT2D eigenvalue weighted by Gasteiger charge is -2.33. The summed E-state index contributed by atoms with van der Waals surface area (Å²) in [7, 11) is 0. The van der Waals surface area contributed by atoms with Crippen LogP contribution in [0, 0.1) is 13.8 Å². The summed E-state index contributed by atoms with van der Waals surface area (Å²) in [6, 6.07) is 3.97. The SMILES string of the molecule is Cc1cc(-n2cc(Cl)cn2)cc(C)c1C1C(=O)N2CCCCN2C1O. The standard InChI is InChI=1S/C18H21ClN4O2/c1-11-7-14(21-10-13(19)9-20-21)8-12(2)15(11)16-17(24)22-5-3-4-6-23(22)18(16)25/h7-10,16-17,24H,3-6H2,1-2H3. The van der Waals surface area contributed by atoms with Crippen molar-refractivity contribution in [3.05, 3.63) is 46.2 Å². The number of hydrogen-bond donors (Lipinski definition) is 1. The minimum atomic E-state index is -0.796. The van der Waals surface area contributed by atoms with E-state index in [4.69, 9.17) is 11.6 Å². The Morgan fingerprint density at radius 2 is 1.88 bits per heavy atom. The molecule has 7 heteroatoms. The molecule has 1 N–H and O–H groups in total. The minimum absolute atomic E-state index is 0.00622. The third-order valence-corrected chi connectivity index (χ3v) is 5.34. The molecule has 4 rings (SSSR count). The Kier molecular flexibility index (Phi) is 4.06. The van der Waals surface area contributed by atoms with Crippen LogP contribution in [0.4, 0.5) is 0 Å². The van der Waals surface area contributed by atoms with Gasteiger partial charge in [0.25, 0.3) is 0 Å². The maximum atomic E-state index is 12.9. The molecule has 6 nitrogen and oxygen atoms in total. The molecular weight excluding hydrogens is 340 g/mol. The number of nitrogens with zero attached hydrogens (tertiary/aromatic N) is 4. The summed E-state index contributed by atoms with van der Waals surface area (Å²) in [6.07, 6.45) is 4.53. The molecule has 25 heavy (non-hydrogen) atoms. The van der Waals surface area contributed by atoms with Crippen LogP contribution < -0.4 is 0 Å². The normalized spacial score (nSPS) is 24.0. The lowest BCUT2D eigenvalue weighted by molar-refractivity contribution is -0.148. The smallest absolute Gasteiger partial charge is 0.248 e. The van der Waals surface area contributed by atoms with E-state index in [2.05, 4.69) is 5.10 Å². The van der Waals surface area contributed by atoms with Crippen molar-refractivity contribution in [3.63, 3.8) is 0 Å². The number of carbonyl (C=O) groups is 1. The Morgan fingerprint density at radius 1 is 1.20 bits per heavy atom. The third kappa shape index (κ3) is 2.65. The zero-order valence-electron chi connectivity index (χ0n) is 14.3. The van der Waals surface area contributed by atoms with E-state index in [-0.39, 0.29) is 5.91 Å². The molecule has 0 bridgehead atoms. The molecule has 2 aromatic rings. The van der Waals surface area contributed by atoms with Crippen molar-refractivity contribution in [2.45, 2.75) is 38.8 Å². The fourth-order valence-electron chi connectivity index (χ4n) is 4.05. The summed E-state index contributed by atoms with van der Waals surface area (Å²) in [5.41, 5.74) is 3.75. The Bertz CT molecular complexity index is 811. The first-order valence-corrected chi connectivity index (χ1v) is 8.93. The van der Waals surface area contributed by atoms with Crippen LogP contribution in [0.15, 0.2) is 24.5 Å². The molecule has 2 saturated heterocycles. The van der Waals surface area contributed by atoms with Crippen molar-refractivity contribution >= 4 is 17.5 Å². The van der Waals surface area contributed by atoms with Crippen LogP contribution in [0.25, 0.3) is 5.69 Å². The second kappa shape index (κ2) is 6.12. The van der Waals surface area contributed by atoms with E-state index in [0.29, 0.717) is 11.6 Å². The van der Waals surface area contributed by atoms with Gasteiger partial charge in [-0.05, 0) is 55.5 Å². The molecule has 2 aliphatic heterocycles. The quantitative estimate of drug-likeness (QED) is 0.893. The molecular formula is C18H21ClN4O2. The van der Waals surface area contributed by atoms with E-state index in [0.717, 1.165) is 41.8 Å². The topological polar surface area (TPSA) is 61.6 Å². The second-order valence-electron chi connectivity index (χ2n) is 6.82. The number of rotatable bonds is 2. The predicted octanol–water partition coefficient (Wildman–Crippen LogP) is 2.40. The van der Waals surface area contributed by atoms with Crippen molar-refractivity contribution in [2.75, 3.05) is 13.1 Å². The summed E-state index contributed by atoms with van der Waals surface area (Å²) in [5, 5.41) is 19.1. The number of halogens is 1. The van der Waals surface area contributed by atoms with E-state index in [1.54, 1.807) is 22.1 Å². The van der Waals surface area contributed by atoms with Gasteiger partial charge < -0.3 is 5.11 Å². The number of fused-ring (bicyclic) bond motifs is 1. The van der Waals surface area contributed by atoms with Gasteiger partial charge in [0.05, 0.1) is 16.9 Å². The summed E-state index contributed by atoms with van der Waals surface area (Å²) in [6.45, 7) is 5.37. The van der Waals surface area contributed by atoms with Gasteiger partial charge in [-0.1, -0.05) is 11.6 Å². The molecule has 0 radical (unpaired) electrons. The summed E-state index contributed by atoms with van der Waals surface area (Å²) in [4.78, 5) is 12.9. The second-order valence-corrected chi connectivity index (χ2v) is 7.26. The van der Waals surface area contributed by atoms with Crippen LogP contribution in [0.3, 0.4) is 0 Å². The highest BCUT2D eigenvalue weighted by molar-refractivity contribution is 6.30. The van der Waals surface area contributed by atoms with Gasteiger partial charge in [0.1, 0.15) is 12.1 Å². The fraction of sp³-hybridized carbons (Fsp3) is 0.444. The number of amides is 1. The molecule has 132 valence electrons. The van der Waals surface area contributed by atoms with E-state index in [9.17, 15) is 9.90 Å². The van der Waals surface area contributed by atoms with Gasteiger partial charge in [0, 0.05) is 19.3 Å². The molecule has 0 spiro atoms. The number of hydrazine groups is 1. The highest BCUT2D eigenvalue weighted by Gasteiger charge is 2.48. The Morgan fingerprint density at radius 3 is 2.48 bits per heavy atom. The highest BCUT2D eigenvalue weighted by atomic mass is 35.5. The summed E-state index contributed by atoms with van der Waals surface area (Å²) in [5.74, 6) is -0.540. The van der Waals surface area contributed by atoms with Crippen LogP contribution in [0.2, 0.25) is 5.02 Å². The van der Waals surface area contributed by atoms with Gasteiger partial charge in [-0.3, -0.25) is 9.80 Å². The molecule has 3 heterocycles.